The second-order valence-electron chi connectivity index (χ2n) is 4.42. The predicted molar refractivity (Wildman–Crippen MR) is 78.6 cm³/mol. The summed E-state index contributed by atoms with van der Waals surface area (Å²) in [5.41, 5.74) is 0.797. The summed E-state index contributed by atoms with van der Waals surface area (Å²) in [5.74, 6) is 0. The van der Waals surface area contributed by atoms with E-state index in [0.29, 0.717) is 5.69 Å². The number of anilines is 2. The van der Waals surface area contributed by atoms with Crippen molar-refractivity contribution < 1.29 is 8.42 Å². The molecule has 20 heavy (non-hydrogen) atoms. The van der Waals surface area contributed by atoms with Gasteiger partial charge in [-0.1, -0.05) is 0 Å². The number of rotatable bonds is 4. The summed E-state index contributed by atoms with van der Waals surface area (Å²) in [7, 11) is -0.101. The van der Waals surface area contributed by atoms with E-state index in [1.54, 1.807) is 24.3 Å². The minimum Gasteiger partial charge on any atom is -0.378 e. The van der Waals surface area contributed by atoms with Crippen molar-refractivity contribution >= 4 is 21.4 Å². The van der Waals surface area contributed by atoms with Crippen molar-refractivity contribution in [1.29, 1.82) is 0 Å². The molecule has 0 bridgehead atoms. The maximum atomic E-state index is 12.1. The third-order valence-electron chi connectivity index (χ3n) is 2.71. The van der Waals surface area contributed by atoms with E-state index >= 15 is 0 Å². The Morgan fingerprint density at radius 1 is 1.10 bits per heavy atom. The highest BCUT2D eigenvalue weighted by molar-refractivity contribution is 7.92. The molecular formula is C13H15N3O3S. The molecule has 0 aliphatic heterocycles. The van der Waals surface area contributed by atoms with E-state index in [2.05, 4.69) is 9.71 Å². The summed E-state index contributed by atoms with van der Waals surface area (Å²) in [6.07, 6.45) is 2.55. The lowest BCUT2D eigenvalue weighted by atomic mass is 10.3. The average Bonchev–Trinajstić information content (AvgIpc) is 2.39. The summed E-state index contributed by atoms with van der Waals surface area (Å²) >= 11 is 0. The third kappa shape index (κ3) is 3.00. The number of hydrogen-bond acceptors (Lipinski definition) is 4. The Bertz CT molecular complexity index is 749. The number of aromatic amines is 1. The van der Waals surface area contributed by atoms with Gasteiger partial charge in [0.2, 0.25) is 5.43 Å². The molecule has 1 heterocycles. The molecule has 0 radical (unpaired) electrons. The van der Waals surface area contributed by atoms with Crippen molar-refractivity contribution in [2.75, 3.05) is 23.7 Å². The number of pyridine rings is 1. The highest BCUT2D eigenvalue weighted by atomic mass is 32.2. The van der Waals surface area contributed by atoms with Crippen LogP contribution in [0.25, 0.3) is 0 Å². The summed E-state index contributed by atoms with van der Waals surface area (Å²) < 4.78 is 26.6. The number of H-pyrrole nitrogens is 1. The molecule has 2 N–H and O–H groups in total. The average molecular weight is 293 g/mol. The molecule has 0 atom stereocenters. The van der Waals surface area contributed by atoms with E-state index in [9.17, 15) is 13.2 Å². The van der Waals surface area contributed by atoms with Gasteiger partial charge in [-0.3, -0.25) is 9.52 Å². The predicted octanol–water partition coefficient (Wildman–Crippen LogP) is 1.24. The van der Waals surface area contributed by atoms with Crippen LogP contribution in [0.15, 0.2) is 52.4 Å². The molecule has 0 aliphatic carbocycles. The van der Waals surface area contributed by atoms with Crippen molar-refractivity contribution in [3.63, 3.8) is 0 Å². The molecule has 0 amide bonds. The smallest absolute Gasteiger partial charge is 0.267 e. The molecule has 1 aromatic heterocycles. The second-order valence-corrected chi connectivity index (χ2v) is 6.07. The van der Waals surface area contributed by atoms with Gasteiger partial charge >= 0.3 is 0 Å². The van der Waals surface area contributed by atoms with Crippen LogP contribution < -0.4 is 15.1 Å². The van der Waals surface area contributed by atoms with Gasteiger partial charge in [-0.25, -0.2) is 8.42 Å². The third-order valence-corrected chi connectivity index (χ3v) is 4.12. The van der Waals surface area contributed by atoms with E-state index in [1.807, 2.05) is 19.0 Å². The Kier molecular flexibility index (Phi) is 3.80. The number of benzene rings is 1. The highest BCUT2D eigenvalue weighted by Gasteiger charge is 2.17. The van der Waals surface area contributed by atoms with E-state index in [4.69, 9.17) is 0 Å². The van der Waals surface area contributed by atoms with E-state index in [1.165, 1.54) is 18.5 Å². The minimum atomic E-state index is -3.88. The summed E-state index contributed by atoms with van der Waals surface area (Å²) in [4.78, 5) is 15.7. The molecule has 2 aromatic rings. The first-order valence-electron chi connectivity index (χ1n) is 5.87. The van der Waals surface area contributed by atoms with Crippen LogP contribution in [0.2, 0.25) is 0 Å². The van der Waals surface area contributed by atoms with Gasteiger partial charge in [0.1, 0.15) is 0 Å². The number of sulfonamides is 1. The van der Waals surface area contributed by atoms with E-state index < -0.39 is 15.5 Å². The van der Waals surface area contributed by atoms with Crippen LogP contribution in [0.5, 0.6) is 0 Å². The summed E-state index contributed by atoms with van der Waals surface area (Å²) in [6, 6.07) is 8.03. The lowest BCUT2D eigenvalue weighted by molar-refractivity contribution is 0.600. The van der Waals surface area contributed by atoms with Crippen molar-refractivity contribution in [2.45, 2.75) is 4.90 Å². The molecule has 0 unspecified atom stereocenters. The molecule has 2 rings (SSSR count). The molecule has 0 aliphatic rings. The van der Waals surface area contributed by atoms with Crippen molar-refractivity contribution in [3.05, 3.63) is 52.9 Å². The van der Waals surface area contributed by atoms with Gasteiger partial charge in [0.15, 0.2) is 4.90 Å². The maximum absolute atomic E-state index is 12.1. The molecular weight excluding hydrogens is 278 g/mol. The Labute approximate surface area is 117 Å². The number of hydrogen-bond donors (Lipinski definition) is 2. The van der Waals surface area contributed by atoms with Gasteiger partial charge in [0, 0.05) is 43.9 Å². The Hall–Kier alpha value is -2.28. The van der Waals surface area contributed by atoms with Crippen LogP contribution in [0.4, 0.5) is 11.4 Å². The Balaban J connectivity index is 2.29. The highest BCUT2D eigenvalue weighted by Crippen LogP contribution is 2.18. The van der Waals surface area contributed by atoms with Crippen molar-refractivity contribution in [2.24, 2.45) is 0 Å². The lowest BCUT2D eigenvalue weighted by Gasteiger charge is -2.13. The van der Waals surface area contributed by atoms with Gasteiger partial charge in [0.05, 0.1) is 0 Å². The molecule has 0 spiro atoms. The lowest BCUT2D eigenvalue weighted by Crippen LogP contribution is -2.20. The largest absolute Gasteiger partial charge is 0.378 e. The van der Waals surface area contributed by atoms with Gasteiger partial charge in [-0.15, -0.1) is 0 Å². The summed E-state index contributed by atoms with van der Waals surface area (Å²) in [5, 5.41) is 0. The minimum absolute atomic E-state index is 0.309. The fraction of sp³-hybridized carbons (Fsp3) is 0.154. The number of nitrogens with one attached hydrogen (secondary N) is 2. The second kappa shape index (κ2) is 5.38. The number of aromatic nitrogens is 1. The molecule has 7 heteroatoms. The van der Waals surface area contributed by atoms with Gasteiger partial charge in [0.25, 0.3) is 10.0 Å². The van der Waals surface area contributed by atoms with Gasteiger partial charge in [-0.2, -0.15) is 0 Å². The zero-order valence-corrected chi connectivity index (χ0v) is 11.9. The van der Waals surface area contributed by atoms with Crippen LogP contribution in [-0.4, -0.2) is 27.5 Å². The Morgan fingerprint density at radius 2 is 1.75 bits per heavy atom. The van der Waals surface area contributed by atoms with Crippen LogP contribution in [-0.2, 0) is 10.0 Å². The monoisotopic (exact) mass is 293 g/mol. The van der Waals surface area contributed by atoms with Crippen LogP contribution in [0, 0.1) is 0 Å². The fourth-order valence-corrected chi connectivity index (χ4v) is 2.76. The van der Waals surface area contributed by atoms with Gasteiger partial charge < -0.3 is 9.88 Å². The molecule has 1 aromatic carbocycles. The van der Waals surface area contributed by atoms with Crippen LogP contribution >= 0.6 is 0 Å². The van der Waals surface area contributed by atoms with Crippen LogP contribution in [0.3, 0.4) is 0 Å². The van der Waals surface area contributed by atoms with E-state index in [0.717, 1.165) is 5.69 Å². The van der Waals surface area contributed by atoms with Crippen LogP contribution in [0.1, 0.15) is 0 Å². The first kappa shape index (κ1) is 14.1. The maximum Gasteiger partial charge on any atom is 0.267 e. The fourth-order valence-electron chi connectivity index (χ4n) is 1.65. The number of nitrogens with zero attached hydrogens (tertiary/aromatic N) is 1. The van der Waals surface area contributed by atoms with Crippen molar-refractivity contribution in [3.8, 4) is 0 Å². The molecule has 0 fully saturated rings. The first-order valence-corrected chi connectivity index (χ1v) is 7.36. The molecule has 106 valence electrons. The first-order chi connectivity index (χ1) is 9.40. The zero-order chi connectivity index (χ0) is 14.8. The topological polar surface area (TPSA) is 82.3 Å². The molecule has 0 saturated heterocycles. The molecule has 0 saturated carbocycles. The Morgan fingerprint density at radius 3 is 2.30 bits per heavy atom. The SMILES string of the molecule is CN(C)c1ccc(NS(=O)(=O)c2c[nH]ccc2=O)cc1. The molecule has 6 nitrogen and oxygen atoms in total. The zero-order valence-electron chi connectivity index (χ0n) is 11.1. The normalized spacial score (nSPS) is 11.1. The quantitative estimate of drug-likeness (QED) is 0.888. The summed E-state index contributed by atoms with van der Waals surface area (Å²) in [6.45, 7) is 0. The van der Waals surface area contributed by atoms with Gasteiger partial charge in [-0.05, 0) is 24.3 Å². The van der Waals surface area contributed by atoms with E-state index in [-0.39, 0.29) is 4.90 Å². The van der Waals surface area contributed by atoms with Crippen molar-refractivity contribution in [1.82, 2.24) is 4.98 Å². The standard InChI is InChI=1S/C13H15N3O3S/c1-16(2)11-5-3-10(4-6-11)15-20(18,19)13-9-14-8-7-12(13)17/h3-9,15H,1-2H3,(H,14,17).